The summed E-state index contributed by atoms with van der Waals surface area (Å²) in [6, 6.07) is 5.92. The lowest BCUT2D eigenvalue weighted by Gasteiger charge is -2.20. The van der Waals surface area contributed by atoms with Crippen molar-refractivity contribution in [1.82, 2.24) is 4.90 Å². The van der Waals surface area contributed by atoms with E-state index in [0.717, 1.165) is 23.5 Å². The van der Waals surface area contributed by atoms with Gasteiger partial charge in [-0.1, -0.05) is 11.8 Å². The van der Waals surface area contributed by atoms with Gasteiger partial charge in [0.25, 0.3) is 5.91 Å². The first-order valence-electron chi connectivity index (χ1n) is 6.89. The Morgan fingerprint density at radius 3 is 3.05 bits per heavy atom. The van der Waals surface area contributed by atoms with Crippen LogP contribution < -0.4 is 5.73 Å². The van der Waals surface area contributed by atoms with Crippen molar-refractivity contribution in [2.24, 2.45) is 5.73 Å². The maximum atomic E-state index is 12.7. The quantitative estimate of drug-likeness (QED) is 0.882. The average molecular weight is 300 g/mol. The third-order valence-corrected chi connectivity index (χ3v) is 4.16. The maximum Gasteiger partial charge on any atom is 0.255 e. The summed E-state index contributed by atoms with van der Waals surface area (Å²) < 4.78 is 5.36. The third-order valence-electron chi connectivity index (χ3n) is 3.31. The molecule has 4 nitrogen and oxygen atoms in total. The standard InChI is InChI=1S/C16H16N2O2S/c17-7-1-4-15-9-12(11-21-15)16(19)18(13-5-6-13)10-14-3-2-8-20-14/h2-3,8-9,11,13H,5-7,10,17H2. The van der Waals surface area contributed by atoms with E-state index in [1.54, 1.807) is 6.26 Å². The largest absolute Gasteiger partial charge is 0.467 e. The van der Waals surface area contributed by atoms with Gasteiger partial charge in [-0.3, -0.25) is 4.79 Å². The summed E-state index contributed by atoms with van der Waals surface area (Å²) in [5.41, 5.74) is 6.05. The maximum absolute atomic E-state index is 12.7. The Bertz CT molecular complexity index is 675. The first-order chi connectivity index (χ1) is 10.3. The van der Waals surface area contributed by atoms with Gasteiger partial charge in [0.05, 0.1) is 29.8 Å². The molecule has 0 radical (unpaired) electrons. The molecule has 3 rings (SSSR count). The molecular formula is C16H16N2O2S. The zero-order valence-corrected chi connectivity index (χ0v) is 12.4. The van der Waals surface area contributed by atoms with Crippen molar-refractivity contribution in [1.29, 1.82) is 0 Å². The summed E-state index contributed by atoms with van der Waals surface area (Å²) in [6.07, 6.45) is 3.77. The summed E-state index contributed by atoms with van der Waals surface area (Å²) in [5.74, 6) is 6.63. The van der Waals surface area contributed by atoms with Crippen molar-refractivity contribution < 1.29 is 9.21 Å². The van der Waals surface area contributed by atoms with Gasteiger partial charge < -0.3 is 15.1 Å². The molecule has 1 aliphatic rings. The van der Waals surface area contributed by atoms with E-state index in [-0.39, 0.29) is 5.91 Å². The van der Waals surface area contributed by atoms with Crippen molar-refractivity contribution >= 4 is 17.2 Å². The first kappa shape index (κ1) is 13.9. The number of amides is 1. The van der Waals surface area contributed by atoms with Crippen LogP contribution in [0.4, 0.5) is 0 Å². The molecule has 0 atom stereocenters. The molecule has 1 amide bonds. The van der Waals surface area contributed by atoms with E-state index in [9.17, 15) is 4.79 Å². The molecule has 5 heteroatoms. The van der Waals surface area contributed by atoms with Gasteiger partial charge in [-0.15, -0.1) is 11.3 Å². The van der Waals surface area contributed by atoms with Gasteiger partial charge in [-0.05, 0) is 31.0 Å². The van der Waals surface area contributed by atoms with E-state index >= 15 is 0 Å². The van der Waals surface area contributed by atoms with Gasteiger partial charge in [-0.2, -0.15) is 0 Å². The van der Waals surface area contributed by atoms with E-state index in [2.05, 4.69) is 11.8 Å². The fourth-order valence-electron chi connectivity index (χ4n) is 2.14. The summed E-state index contributed by atoms with van der Waals surface area (Å²) >= 11 is 1.48. The van der Waals surface area contributed by atoms with Crippen LogP contribution in [0, 0.1) is 11.8 Å². The minimum absolute atomic E-state index is 0.0472. The van der Waals surface area contributed by atoms with Crippen molar-refractivity contribution in [3.05, 3.63) is 46.0 Å². The first-order valence-corrected chi connectivity index (χ1v) is 7.76. The van der Waals surface area contributed by atoms with Gasteiger partial charge in [0.15, 0.2) is 0 Å². The SMILES string of the molecule is NCC#Cc1cc(C(=O)N(Cc2ccco2)C2CC2)cs1. The molecule has 21 heavy (non-hydrogen) atoms. The number of nitrogens with two attached hydrogens (primary N) is 1. The third kappa shape index (κ3) is 3.35. The molecule has 2 N–H and O–H groups in total. The Morgan fingerprint density at radius 2 is 2.38 bits per heavy atom. The van der Waals surface area contributed by atoms with E-state index in [1.165, 1.54) is 11.3 Å². The monoisotopic (exact) mass is 300 g/mol. The highest BCUT2D eigenvalue weighted by atomic mass is 32.1. The van der Waals surface area contributed by atoms with Gasteiger partial charge in [0.1, 0.15) is 5.76 Å². The second-order valence-corrected chi connectivity index (χ2v) is 5.86. The summed E-state index contributed by atoms with van der Waals surface area (Å²) in [5, 5.41) is 1.86. The van der Waals surface area contributed by atoms with E-state index in [1.807, 2.05) is 28.5 Å². The molecule has 2 aromatic rings. The van der Waals surface area contributed by atoms with Crippen molar-refractivity contribution in [3.8, 4) is 11.8 Å². The molecule has 1 saturated carbocycles. The average Bonchev–Trinajstić information content (AvgIpc) is 3.02. The molecule has 1 fully saturated rings. The van der Waals surface area contributed by atoms with Crippen LogP contribution in [0.2, 0.25) is 0 Å². The van der Waals surface area contributed by atoms with E-state index in [4.69, 9.17) is 10.2 Å². The van der Waals surface area contributed by atoms with E-state index < -0.39 is 0 Å². The summed E-state index contributed by atoms with van der Waals surface area (Å²) in [6.45, 7) is 0.851. The summed E-state index contributed by atoms with van der Waals surface area (Å²) in [4.78, 5) is 15.4. The molecule has 0 unspecified atom stereocenters. The number of rotatable bonds is 4. The van der Waals surface area contributed by atoms with Crippen LogP contribution >= 0.6 is 11.3 Å². The predicted octanol–water partition coefficient (Wildman–Crippen LogP) is 2.46. The van der Waals surface area contributed by atoms with Crippen LogP contribution in [0.1, 0.15) is 33.8 Å². The van der Waals surface area contributed by atoms with E-state index in [0.29, 0.717) is 24.7 Å². The molecule has 1 aliphatic carbocycles. The smallest absolute Gasteiger partial charge is 0.255 e. The highest BCUT2D eigenvalue weighted by molar-refractivity contribution is 7.10. The van der Waals surface area contributed by atoms with Crippen LogP contribution in [0.5, 0.6) is 0 Å². The predicted molar refractivity (Wildman–Crippen MR) is 81.9 cm³/mol. The van der Waals surface area contributed by atoms with Gasteiger partial charge >= 0.3 is 0 Å². The minimum atomic E-state index is 0.0472. The van der Waals surface area contributed by atoms with Crippen LogP contribution in [-0.2, 0) is 6.54 Å². The Labute approximate surface area is 127 Å². The van der Waals surface area contributed by atoms with Gasteiger partial charge in [-0.25, -0.2) is 0 Å². The van der Waals surface area contributed by atoms with Gasteiger partial charge in [0, 0.05) is 11.4 Å². The van der Waals surface area contributed by atoms with Crippen molar-refractivity contribution in [2.45, 2.75) is 25.4 Å². The van der Waals surface area contributed by atoms with Crippen LogP contribution in [0.3, 0.4) is 0 Å². The second-order valence-electron chi connectivity index (χ2n) is 4.95. The molecule has 0 saturated heterocycles. The summed E-state index contributed by atoms with van der Waals surface area (Å²) in [7, 11) is 0. The fraction of sp³-hybridized carbons (Fsp3) is 0.312. The molecule has 0 bridgehead atoms. The van der Waals surface area contributed by atoms with Crippen molar-refractivity contribution in [3.63, 3.8) is 0 Å². The Kier molecular flexibility index (Phi) is 4.09. The number of carbonyl (C=O) groups is 1. The Hall–Kier alpha value is -2.03. The molecule has 0 spiro atoms. The fourth-order valence-corrected chi connectivity index (χ4v) is 2.89. The zero-order chi connectivity index (χ0) is 14.7. The molecule has 0 aromatic carbocycles. The minimum Gasteiger partial charge on any atom is -0.467 e. The van der Waals surface area contributed by atoms with Crippen LogP contribution in [0.25, 0.3) is 0 Å². The van der Waals surface area contributed by atoms with Crippen LogP contribution in [0.15, 0.2) is 34.3 Å². The Balaban J connectivity index is 1.76. The van der Waals surface area contributed by atoms with Crippen LogP contribution in [-0.4, -0.2) is 23.4 Å². The molecule has 2 heterocycles. The molecule has 108 valence electrons. The number of nitrogens with zero attached hydrogens (tertiary/aromatic N) is 1. The number of hydrogen-bond donors (Lipinski definition) is 1. The molecule has 2 aromatic heterocycles. The van der Waals surface area contributed by atoms with Gasteiger partial charge in [0.2, 0.25) is 0 Å². The van der Waals surface area contributed by atoms with Crippen molar-refractivity contribution in [2.75, 3.05) is 6.54 Å². The Morgan fingerprint density at radius 1 is 1.52 bits per heavy atom. The number of thiophene rings is 1. The lowest BCUT2D eigenvalue weighted by atomic mass is 10.2. The normalized spacial score (nSPS) is 13.6. The molecular weight excluding hydrogens is 284 g/mol. The lowest BCUT2D eigenvalue weighted by Crippen LogP contribution is -2.32. The molecule has 0 aliphatic heterocycles. The zero-order valence-electron chi connectivity index (χ0n) is 11.5. The second kappa shape index (κ2) is 6.17. The highest BCUT2D eigenvalue weighted by Gasteiger charge is 2.33. The highest BCUT2D eigenvalue weighted by Crippen LogP contribution is 2.30. The topological polar surface area (TPSA) is 59.5 Å². The lowest BCUT2D eigenvalue weighted by molar-refractivity contribution is 0.0718. The number of hydrogen-bond acceptors (Lipinski definition) is 4. The number of furan rings is 1. The number of carbonyl (C=O) groups excluding carboxylic acids is 1.